The number of nitrogens with zero attached hydrogens (tertiary/aromatic N) is 1. The van der Waals surface area contributed by atoms with Gasteiger partial charge in [0, 0.05) is 13.1 Å². The second-order valence-corrected chi connectivity index (χ2v) is 7.79. The van der Waals surface area contributed by atoms with Crippen molar-refractivity contribution in [1.29, 1.82) is 0 Å². The lowest BCUT2D eigenvalue weighted by molar-refractivity contribution is 0.270. The molecule has 126 valence electrons. The summed E-state index contributed by atoms with van der Waals surface area (Å²) in [5.74, 6) is -0.197. The summed E-state index contributed by atoms with van der Waals surface area (Å²) >= 11 is 11.8. The van der Waals surface area contributed by atoms with E-state index in [1.54, 1.807) is 0 Å². The van der Waals surface area contributed by atoms with E-state index in [1.807, 2.05) is 7.05 Å². The molecule has 1 fully saturated rings. The van der Waals surface area contributed by atoms with Crippen molar-refractivity contribution in [3.63, 3.8) is 0 Å². The van der Waals surface area contributed by atoms with E-state index in [1.165, 1.54) is 4.31 Å². The molecule has 9 heteroatoms. The molecule has 0 unspecified atom stereocenters. The molecule has 0 bridgehead atoms. The standard InChI is InChI=1S/C13H17Cl2FN2O2S.ClH/c1-17-8-9-2-4-18(5-3-9)21(19,20)13-11(14)6-10(16)7-12(13)15;/h6-7,9,17H,2-5,8H2,1H3;1H. The number of piperidine rings is 1. The van der Waals surface area contributed by atoms with E-state index in [4.69, 9.17) is 23.2 Å². The van der Waals surface area contributed by atoms with Crippen LogP contribution in [-0.2, 0) is 10.0 Å². The molecule has 4 nitrogen and oxygen atoms in total. The third kappa shape index (κ3) is 4.24. The van der Waals surface area contributed by atoms with Crippen LogP contribution in [0.2, 0.25) is 10.0 Å². The van der Waals surface area contributed by atoms with Gasteiger partial charge in [0.15, 0.2) is 0 Å². The van der Waals surface area contributed by atoms with Gasteiger partial charge in [-0.3, -0.25) is 0 Å². The predicted molar refractivity (Wildman–Crippen MR) is 89.1 cm³/mol. The fourth-order valence-electron chi connectivity index (χ4n) is 2.55. The molecule has 0 radical (unpaired) electrons. The van der Waals surface area contributed by atoms with Gasteiger partial charge in [0.1, 0.15) is 10.7 Å². The summed E-state index contributed by atoms with van der Waals surface area (Å²) < 4.78 is 39.8. The largest absolute Gasteiger partial charge is 0.319 e. The van der Waals surface area contributed by atoms with E-state index < -0.39 is 15.8 Å². The van der Waals surface area contributed by atoms with Crippen LogP contribution in [0.4, 0.5) is 4.39 Å². The minimum Gasteiger partial charge on any atom is -0.319 e. The maximum absolute atomic E-state index is 13.2. The van der Waals surface area contributed by atoms with Gasteiger partial charge < -0.3 is 5.32 Å². The van der Waals surface area contributed by atoms with E-state index >= 15 is 0 Å². The quantitative estimate of drug-likeness (QED) is 0.857. The highest BCUT2D eigenvalue weighted by atomic mass is 35.5. The molecular formula is C13H18Cl3FN2O2S. The van der Waals surface area contributed by atoms with Crippen LogP contribution in [0.15, 0.2) is 17.0 Å². The molecular weight excluding hydrogens is 374 g/mol. The van der Waals surface area contributed by atoms with Gasteiger partial charge in [-0.2, -0.15) is 4.31 Å². The molecule has 0 amide bonds. The van der Waals surface area contributed by atoms with E-state index in [-0.39, 0.29) is 27.3 Å². The molecule has 2 rings (SSSR count). The van der Waals surface area contributed by atoms with E-state index in [0.717, 1.165) is 31.5 Å². The summed E-state index contributed by atoms with van der Waals surface area (Å²) in [6, 6.07) is 1.93. The smallest absolute Gasteiger partial charge is 0.246 e. The van der Waals surface area contributed by atoms with Crippen LogP contribution in [-0.4, -0.2) is 39.4 Å². The van der Waals surface area contributed by atoms with Gasteiger partial charge in [-0.15, -0.1) is 12.4 Å². The number of hydrogen-bond donors (Lipinski definition) is 1. The van der Waals surface area contributed by atoms with Crippen LogP contribution >= 0.6 is 35.6 Å². The van der Waals surface area contributed by atoms with Crippen LogP contribution in [0, 0.1) is 11.7 Å². The second kappa shape index (κ2) is 8.13. The number of benzene rings is 1. The van der Waals surface area contributed by atoms with Crippen molar-refractivity contribution in [3.8, 4) is 0 Å². The van der Waals surface area contributed by atoms with Crippen LogP contribution in [0.5, 0.6) is 0 Å². The van der Waals surface area contributed by atoms with Gasteiger partial charge in [-0.25, -0.2) is 12.8 Å². The van der Waals surface area contributed by atoms with Crippen molar-refractivity contribution in [1.82, 2.24) is 9.62 Å². The lowest BCUT2D eigenvalue weighted by Gasteiger charge is -2.31. The molecule has 0 atom stereocenters. The molecule has 22 heavy (non-hydrogen) atoms. The maximum atomic E-state index is 13.2. The maximum Gasteiger partial charge on any atom is 0.246 e. The minimum absolute atomic E-state index is 0. The van der Waals surface area contributed by atoms with E-state index in [9.17, 15) is 12.8 Å². The minimum atomic E-state index is -3.80. The second-order valence-electron chi connectivity index (χ2n) is 5.10. The van der Waals surface area contributed by atoms with Crippen LogP contribution in [0.25, 0.3) is 0 Å². The summed E-state index contributed by atoms with van der Waals surface area (Å²) in [5.41, 5.74) is 0. The molecule has 0 aromatic heterocycles. The molecule has 1 N–H and O–H groups in total. The average molecular weight is 392 g/mol. The Kier molecular flexibility index (Phi) is 7.36. The van der Waals surface area contributed by atoms with E-state index in [2.05, 4.69) is 5.32 Å². The Bertz CT molecular complexity index is 597. The molecule has 0 saturated carbocycles. The van der Waals surface area contributed by atoms with E-state index in [0.29, 0.717) is 19.0 Å². The first-order valence-electron chi connectivity index (χ1n) is 6.65. The topological polar surface area (TPSA) is 49.4 Å². The van der Waals surface area contributed by atoms with Crippen LogP contribution in [0.1, 0.15) is 12.8 Å². The van der Waals surface area contributed by atoms with Gasteiger partial charge in [0.25, 0.3) is 0 Å². The van der Waals surface area contributed by atoms with Crippen molar-refractivity contribution in [2.45, 2.75) is 17.7 Å². The summed E-state index contributed by atoms with van der Waals surface area (Å²) in [7, 11) is -1.92. The lowest BCUT2D eigenvalue weighted by atomic mass is 9.98. The van der Waals surface area contributed by atoms with Crippen LogP contribution in [0.3, 0.4) is 0 Å². The Labute approximate surface area is 146 Å². The van der Waals surface area contributed by atoms with Gasteiger partial charge in [-0.1, -0.05) is 23.2 Å². The lowest BCUT2D eigenvalue weighted by Crippen LogP contribution is -2.40. The van der Waals surface area contributed by atoms with Crippen molar-refractivity contribution < 1.29 is 12.8 Å². The highest BCUT2D eigenvalue weighted by Crippen LogP contribution is 2.34. The molecule has 1 aliphatic rings. The van der Waals surface area contributed by atoms with Gasteiger partial charge >= 0.3 is 0 Å². The Balaban J connectivity index is 0.00000242. The molecule has 1 aromatic carbocycles. The zero-order chi connectivity index (χ0) is 15.6. The molecule has 0 aliphatic carbocycles. The average Bonchev–Trinajstić information content (AvgIpc) is 2.38. The molecule has 0 spiro atoms. The normalized spacial score (nSPS) is 17.3. The molecule has 1 aliphatic heterocycles. The third-order valence-corrected chi connectivity index (χ3v) is 6.45. The third-order valence-electron chi connectivity index (χ3n) is 3.63. The van der Waals surface area contributed by atoms with Crippen molar-refractivity contribution in [2.24, 2.45) is 5.92 Å². The summed E-state index contributed by atoms with van der Waals surface area (Å²) in [6.07, 6.45) is 1.55. The Morgan fingerprint density at radius 1 is 1.27 bits per heavy atom. The Morgan fingerprint density at radius 2 is 1.77 bits per heavy atom. The first-order valence-corrected chi connectivity index (χ1v) is 8.85. The number of hydrogen-bond acceptors (Lipinski definition) is 3. The Morgan fingerprint density at radius 3 is 2.23 bits per heavy atom. The highest BCUT2D eigenvalue weighted by molar-refractivity contribution is 7.89. The number of rotatable bonds is 4. The monoisotopic (exact) mass is 390 g/mol. The van der Waals surface area contributed by atoms with Crippen molar-refractivity contribution in [3.05, 3.63) is 28.0 Å². The zero-order valence-corrected chi connectivity index (χ0v) is 15.1. The first-order chi connectivity index (χ1) is 9.86. The fraction of sp³-hybridized carbons (Fsp3) is 0.538. The predicted octanol–water partition coefficient (Wildman–Crippen LogP) is 3.17. The van der Waals surface area contributed by atoms with Gasteiger partial charge in [0.2, 0.25) is 10.0 Å². The fourth-order valence-corrected chi connectivity index (χ4v) is 5.15. The van der Waals surface area contributed by atoms with Crippen LogP contribution < -0.4 is 5.32 Å². The SMILES string of the molecule is CNCC1CCN(S(=O)(=O)c2c(Cl)cc(F)cc2Cl)CC1.Cl. The summed E-state index contributed by atoms with van der Waals surface area (Å²) in [5, 5.41) is 2.73. The summed E-state index contributed by atoms with van der Waals surface area (Å²) in [4.78, 5) is -0.209. The van der Waals surface area contributed by atoms with Gasteiger partial charge in [-0.05, 0) is 44.5 Å². The van der Waals surface area contributed by atoms with Crippen molar-refractivity contribution in [2.75, 3.05) is 26.7 Å². The molecule has 1 saturated heterocycles. The zero-order valence-electron chi connectivity index (χ0n) is 12.0. The number of nitrogens with one attached hydrogen (secondary N) is 1. The summed E-state index contributed by atoms with van der Waals surface area (Å²) in [6.45, 7) is 1.70. The number of halogens is 4. The highest BCUT2D eigenvalue weighted by Gasteiger charge is 2.32. The van der Waals surface area contributed by atoms with Gasteiger partial charge in [0.05, 0.1) is 10.0 Å². The first kappa shape index (κ1) is 19.9. The van der Waals surface area contributed by atoms with Crippen molar-refractivity contribution >= 4 is 45.6 Å². The molecule has 1 aromatic rings. The Hall–Kier alpha value is -0.110. The molecule has 1 heterocycles. The number of sulfonamides is 1.